The molecule has 4 nitrogen and oxygen atoms in total. The van der Waals surface area contributed by atoms with Crippen LogP contribution < -0.4 is 9.80 Å². The molecule has 3 aromatic rings. The van der Waals surface area contributed by atoms with Crippen molar-refractivity contribution in [3.63, 3.8) is 0 Å². The summed E-state index contributed by atoms with van der Waals surface area (Å²) in [5, 5.41) is 0. The molecule has 0 saturated heterocycles. The molecule has 27 heavy (non-hydrogen) atoms. The predicted molar refractivity (Wildman–Crippen MR) is 107 cm³/mol. The Bertz CT molecular complexity index is 910. The maximum atomic E-state index is 14.3. The van der Waals surface area contributed by atoms with Gasteiger partial charge in [0.2, 0.25) is 0 Å². The maximum absolute atomic E-state index is 14.3. The highest BCUT2D eigenvalue weighted by atomic mass is 19.1. The molecule has 3 rings (SSSR count). The lowest BCUT2D eigenvalue weighted by Gasteiger charge is -2.29. The lowest BCUT2D eigenvalue weighted by molar-refractivity contribution is 0.0974. The summed E-state index contributed by atoms with van der Waals surface area (Å²) in [5.74, 6) is -0.936. The summed E-state index contributed by atoms with van der Waals surface area (Å²) >= 11 is 0. The van der Waals surface area contributed by atoms with Crippen LogP contribution in [0.15, 0.2) is 72.9 Å². The number of pyridine rings is 1. The van der Waals surface area contributed by atoms with Gasteiger partial charge < -0.3 is 4.90 Å². The van der Waals surface area contributed by atoms with Gasteiger partial charge in [-0.05, 0) is 55.5 Å². The van der Waals surface area contributed by atoms with Crippen LogP contribution in [-0.4, -0.2) is 25.0 Å². The quantitative estimate of drug-likeness (QED) is 0.660. The zero-order chi connectivity index (χ0) is 19.4. The van der Waals surface area contributed by atoms with Crippen LogP contribution in [0.4, 0.5) is 15.8 Å². The fourth-order valence-electron chi connectivity index (χ4n) is 2.95. The van der Waals surface area contributed by atoms with Gasteiger partial charge in [-0.2, -0.15) is 0 Å². The molecule has 1 atom stereocenters. The van der Waals surface area contributed by atoms with Crippen molar-refractivity contribution in [3.05, 3.63) is 90.0 Å². The van der Waals surface area contributed by atoms with Gasteiger partial charge in [0.15, 0.2) is 0 Å². The zero-order valence-electron chi connectivity index (χ0n) is 15.6. The van der Waals surface area contributed by atoms with E-state index in [1.807, 2.05) is 68.4 Å². The maximum Gasteiger partial charge on any atom is 0.261 e. The van der Waals surface area contributed by atoms with E-state index < -0.39 is 11.7 Å². The number of amides is 1. The zero-order valence-corrected chi connectivity index (χ0v) is 15.6. The van der Waals surface area contributed by atoms with Gasteiger partial charge in [-0.15, -0.1) is 0 Å². The first kappa shape index (κ1) is 18.6. The van der Waals surface area contributed by atoms with Crippen LogP contribution in [0, 0.1) is 5.82 Å². The van der Waals surface area contributed by atoms with Crippen LogP contribution in [-0.2, 0) is 0 Å². The Hall–Kier alpha value is -3.21. The normalized spacial score (nSPS) is 11.7. The summed E-state index contributed by atoms with van der Waals surface area (Å²) < 4.78 is 14.3. The van der Waals surface area contributed by atoms with Crippen molar-refractivity contribution in [2.24, 2.45) is 0 Å². The fraction of sp³-hybridized carbons (Fsp3) is 0.182. The number of hydrogen-bond donors (Lipinski definition) is 0. The number of benzene rings is 2. The average Bonchev–Trinajstić information content (AvgIpc) is 2.69. The second-order valence-corrected chi connectivity index (χ2v) is 6.50. The third-order valence-corrected chi connectivity index (χ3v) is 4.47. The van der Waals surface area contributed by atoms with E-state index in [0.29, 0.717) is 5.69 Å². The number of anilines is 2. The van der Waals surface area contributed by atoms with Crippen molar-refractivity contribution < 1.29 is 9.18 Å². The van der Waals surface area contributed by atoms with E-state index in [2.05, 4.69) is 4.98 Å². The molecule has 0 radical (unpaired) electrons. The predicted octanol–water partition coefficient (Wildman–Crippen LogP) is 4.69. The Morgan fingerprint density at radius 3 is 2.15 bits per heavy atom. The molecular formula is C22H22FN3O. The van der Waals surface area contributed by atoms with Crippen LogP contribution in [0.2, 0.25) is 0 Å². The number of rotatable bonds is 5. The van der Waals surface area contributed by atoms with E-state index in [-0.39, 0.29) is 11.6 Å². The van der Waals surface area contributed by atoms with Crippen molar-refractivity contribution >= 4 is 17.3 Å². The minimum absolute atomic E-state index is 0.0389. The van der Waals surface area contributed by atoms with E-state index in [1.165, 1.54) is 12.1 Å². The van der Waals surface area contributed by atoms with Gasteiger partial charge in [-0.3, -0.25) is 14.7 Å². The second-order valence-electron chi connectivity index (χ2n) is 6.50. The van der Waals surface area contributed by atoms with Gasteiger partial charge in [0.25, 0.3) is 5.91 Å². The highest BCUT2D eigenvalue weighted by molar-refractivity contribution is 6.06. The van der Waals surface area contributed by atoms with Crippen LogP contribution in [0.5, 0.6) is 0 Å². The van der Waals surface area contributed by atoms with Crippen LogP contribution in [0.1, 0.15) is 29.0 Å². The Labute approximate surface area is 158 Å². The van der Waals surface area contributed by atoms with Crippen molar-refractivity contribution in [1.29, 1.82) is 0 Å². The molecule has 5 heteroatoms. The third-order valence-electron chi connectivity index (χ3n) is 4.47. The molecule has 0 saturated carbocycles. The van der Waals surface area contributed by atoms with Gasteiger partial charge in [0, 0.05) is 31.7 Å². The van der Waals surface area contributed by atoms with Crippen molar-refractivity contribution in [1.82, 2.24) is 4.98 Å². The summed E-state index contributed by atoms with van der Waals surface area (Å²) in [6.07, 6.45) is 1.69. The Kier molecular flexibility index (Phi) is 5.50. The molecule has 0 spiro atoms. The van der Waals surface area contributed by atoms with E-state index in [0.717, 1.165) is 11.4 Å². The van der Waals surface area contributed by atoms with Crippen LogP contribution >= 0.6 is 0 Å². The molecular weight excluding hydrogens is 341 g/mol. The van der Waals surface area contributed by atoms with Gasteiger partial charge >= 0.3 is 0 Å². The van der Waals surface area contributed by atoms with Crippen molar-refractivity contribution in [3.8, 4) is 0 Å². The summed E-state index contributed by atoms with van der Waals surface area (Å²) in [6.45, 7) is 1.89. The van der Waals surface area contributed by atoms with Crippen molar-refractivity contribution in [2.75, 3.05) is 23.9 Å². The third kappa shape index (κ3) is 3.97. The topological polar surface area (TPSA) is 36.4 Å². The van der Waals surface area contributed by atoms with Crippen LogP contribution in [0.25, 0.3) is 0 Å². The minimum atomic E-state index is -0.536. The number of hydrogen-bond acceptors (Lipinski definition) is 3. The van der Waals surface area contributed by atoms with Crippen LogP contribution in [0.3, 0.4) is 0 Å². The lowest BCUT2D eigenvalue weighted by atomic mass is 10.1. The minimum Gasteiger partial charge on any atom is -0.378 e. The molecule has 0 aliphatic carbocycles. The summed E-state index contributed by atoms with van der Waals surface area (Å²) in [6, 6.07) is 18.8. The van der Waals surface area contributed by atoms with Gasteiger partial charge in [0.1, 0.15) is 5.82 Å². The number of aromatic nitrogens is 1. The second kappa shape index (κ2) is 7.99. The first-order chi connectivity index (χ1) is 13.0. The molecule has 0 unspecified atom stereocenters. The molecule has 0 aliphatic rings. The molecule has 1 aromatic heterocycles. The summed E-state index contributed by atoms with van der Waals surface area (Å²) in [7, 11) is 3.90. The largest absolute Gasteiger partial charge is 0.378 e. The number of carbonyl (C=O) groups is 1. The highest BCUT2D eigenvalue weighted by Crippen LogP contribution is 2.30. The molecule has 0 bridgehead atoms. The smallest absolute Gasteiger partial charge is 0.261 e. The van der Waals surface area contributed by atoms with Crippen molar-refractivity contribution in [2.45, 2.75) is 13.0 Å². The molecule has 2 aromatic carbocycles. The van der Waals surface area contributed by atoms with E-state index in [4.69, 9.17) is 0 Å². The molecule has 0 N–H and O–H groups in total. The Balaban J connectivity index is 2.06. The van der Waals surface area contributed by atoms with E-state index in [1.54, 1.807) is 23.2 Å². The molecule has 1 heterocycles. The molecule has 0 fully saturated rings. The molecule has 0 aliphatic heterocycles. The number of halogens is 1. The van der Waals surface area contributed by atoms with Gasteiger partial charge in [0.05, 0.1) is 17.3 Å². The Morgan fingerprint density at radius 2 is 1.56 bits per heavy atom. The standard InChI is InChI=1S/C22H22FN3O/c1-16(21-10-6-7-15-24-21)26(18-13-11-17(12-14-18)25(2)3)22(27)19-8-4-5-9-20(19)23/h4-16H,1-3H3/t16-/m0/s1. The monoisotopic (exact) mass is 363 g/mol. The first-order valence-electron chi connectivity index (χ1n) is 8.75. The van der Waals surface area contributed by atoms with E-state index in [9.17, 15) is 9.18 Å². The first-order valence-corrected chi connectivity index (χ1v) is 8.75. The van der Waals surface area contributed by atoms with Gasteiger partial charge in [-0.25, -0.2) is 4.39 Å². The fourth-order valence-corrected chi connectivity index (χ4v) is 2.95. The number of carbonyl (C=O) groups excluding carboxylic acids is 1. The Morgan fingerprint density at radius 1 is 0.926 bits per heavy atom. The average molecular weight is 363 g/mol. The summed E-state index contributed by atoms with van der Waals surface area (Å²) in [4.78, 5) is 21.2. The summed E-state index contributed by atoms with van der Waals surface area (Å²) in [5.41, 5.74) is 2.48. The van der Waals surface area contributed by atoms with Gasteiger partial charge in [-0.1, -0.05) is 18.2 Å². The lowest BCUT2D eigenvalue weighted by Crippen LogP contribution is -2.34. The SMILES string of the molecule is C[C@@H](c1ccccn1)N(C(=O)c1ccccc1F)c1ccc(N(C)C)cc1. The molecule has 138 valence electrons. The van der Waals surface area contributed by atoms with E-state index >= 15 is 0 Å². The highest BCUT2D eigenvalue weighted by Gasteiger charge is 2.27. The molecule has 1 amide bonds. The number of nitrogens with zero attached hydrogens (tertiary/aromatic N) is 3.